The van der Waals surface area contributed by atoms with Crippen LogP contribution >= 0.6 is 0 Å². The predicted molar refractivity (Wildman–Crippen MR) is 70.7 cm³/mol. The first-order valence-corrected chi connectivity index (χ1v) is 6.26. The SMILES string of the molecule is CCc1ccccc1C(C(N)=O)N(CC)CC. The number of rotatable bonds is 6. The van der Waals surface area contributed by atoms with E-state index in [9.17, 15) is 4.79 Å². The number of nitrogens with zero attached hydrogens (tertiary/aromatic N) is 1. The van der Waals surface area contributed by atoms with Gasteiger partial charge in [-0.05, 0) is 30.6 Å². The lowest BCUT2D eigenvalue weighted by atomic mass is 9.97. The second-order valence-corrected chi connectivity index (χ2v) is 4.08. The zero-order valence-electron chi connectivity index (χ0n) is 10.9. The first-order chi connectivity index (χ1) is 8.15. The lowest BCUT2D eigenvalue weighted by Gasteiger charge is -2.28. The average molecular weight is 234 g/mol. The standard InChI is InChI=1S/C14H22N2O/c1-4-11-9-7-8-10-12(11)13(14(15)17)16(5-2)6-3/h7-10,13H,4-6H2,1-3H3,(H2,15,17). The van der Waals surface area contributed by atoms with Crippen LogP contribution in [0.1, 0.15) is 37.9 Å². The van der Waals surface area contributed by atoms with Crippen molar-refractivity contribution < 1.29 is 4.79 Å². The third kappa shape index (κ3) is 3.07. The van der Waals surface area contributed by atoms with Gasteiger partial charge in [-0.1, -0.05) is 45.0 Å². The molecule has 0 heterocycles. The van der Waals surface area contributed by atoms with E-state index >= 15 is 0 Å². The Balaban J connectivity index is 3.17. The minimum absolute atomic E-state index is 0.269. The Bertz CT molecular complexity index is 372. The van der Waals surface area contributed by atoms with Crippen LogP contribution in [0.3, 0.4) is 0 Å². The van der Waals surface area contributed by atoms with Crippen molar-refractivity contribution in [1.29, 1.82) is 0 Å². The molecule has 1 rings (SSSR count). The first kappa shape index (κ1) is 13.7. The number of amides is 1. The zero-order valence-corrected chi connectivity index (χ0v) is 10.9. The molecule has 0 aliphatic rings. The van der Waals surface area contributed by atoms with E-state index in [0.29, 0.717) is 0 Å². The van der Waals surface area contributed by atoms with Gasteiger partial charge < -0.3 is 5.73 Å². The number of aryl methyl sites for hydroxylation is 1. The number of benzene rings is 1. The van der Waals surface area contributed by atoms with Gasteiger partial charge in [0.1, 0.15) is 6.04 Å². The maximum absolute atomic E-state index is 11.7. The molecule has 0 spiro atoms. The van der Waals surface area contributed by atoms with Crippen LogP contribution in [0.4, 0.5) is 0 Å². The average Bonchev–Trinajstić information content (AvgIpc) is 2.35. The molecule has 17 heavy (non-hydrogen) atoms. The van der Waals surface area contributed by atoms with Crippen LogP contribution in [0, 0.1) is 0 Å². The van der Waals surface area contributed by atoms with Crippen molar-refractivity contribution in [1.82, 2.24) is 4.90 Å². The number of carbonyl (C=O) groups is 1. The number of nitrogens with two attached hydrogens (primary N) is 1. The van der Waals surface area contributed by atoms with Gasteiger partial charge in [-0.15, -0.1) is 0 Å². The molecule has 1 unspecified atom stereocenters. The van der Waals surface area contributed by atoms with Crippen molar-refractivity contribution in [2.24, 2.45) is 5.73 Å². The second-order valence-electron chi connectivity index (χ2n) is 4.08. The number of likely N-dealkylation sites (N-methyl/N-ethyl adjacent to an activating group) is 1. The summed E-state index contributed by atoms with van der Waals surface area (Å²) in [6.07, 6.45) is 0.918. The molecule has 1 aromatic rings. The molecule has 1 amide bonds. The van der Waals surface area contributed by atoms with Crippen LogP contribution < -0.4 is 5.73 Å². The van der Waals surface area contributed by atoms with E-state index in [-0.39, 0.29) is 11.9 Å². The van der Waals surface area contributed by atoms with E-state index in [1.165, 1.54) is 5.56 Å². The van der Waals surface area contributed by atoms with Crippen LogP contribution in [-0.2, 0) is 11.2 Å². The molecule has 1 aromatic carbocycles. The molecule has 3 heteroatoms. The molecule has 0 bridgehead atoms. The number of primary amides is 1. The highest BCUT2D eigenvalue weighted by Gasteiger charge is 2.24. The summed E-state index contributed by atoms with van der Waals surface area (Å²) in [5, 5.41) is 0. The summed E-state index contributed by atoms with van der Waals surface area (Å²) in [5.41, 5.74) is 7.81. The largest absolute Gasteiger partial charge is 0.368 e. The minimum atomic E-state index is -0.304. The first-order valence-electron chi connectivity index (χ1n) is 6.26. The van der Waals surface area contributed by atoms with Gasteiger partial charge in [-0.3, -0.25) is 9.69 Å². The van der Waals surface area contributed by atoms with Gasteiger partial charge in [0, 0.05) is 0 Å². The van der Waals surface area contributed by atoms with Gasteiger partial charge >= 0.3 is 0 Å². The summed E-state index contributed by atoms with van der Waals surface area (Å²) < 4.78 is 0. The molecule has 0 saturated heterocycles. The Morgan fingerprint density at radius 1 is 1.24 bits per heavy atom. The number of hydrogen-bond acceptors (Lipinski definition) is 2. The molecule has 0 aromatic heterocycles. The quantitative estimate of drug-likeness (QED) is 0.819. The van der Waals surface area contributed by atoms with Crippen LogP contribution in [0.5, 0.6) is 0 Å². The van der Waals surface area contributed by atoms with Gasteiger partial charge in [0.2, 0.25) is 5.91 Å². The summed E-state index contributed by atoms with van der Waals surface area (Å²) in [6, 6.07) is 7.74. The van der Waals surface area contributed by atoms with Crippen molar-refractivity contribution in [3.05, 3.63) is 35.4 Å². The summed E-state index contributed by atoms with van der Waals surface area (Å²) in [6.45, 7) is 7.84. The molecule has 2 N–H and O–H groups in total. The van der Waals surface area contributed by atoms with Crippen molar-refractivity contribution in [3.8, 4) is 0 Å². The fraction of sp³-hybridized carbons (Fsp3) is 0.500. The van der Waals surface area contributed by atoms with Crippen LogP contribution in [0.2, 0.25) is 0 Å². The van der Waals surface area contributed by atoms with Gasteiger partial charge in [-0.2, -0.15) is 0 Å². The summed E-state index contributed by atoms with van der Waals surface area (Å²) in [7, 11) is 0. The van der Waals surface area contributed by atoms with Gasteiger partial charge in [0.05, 0.1) is 0 Å². The smallest absolute Gasteiger partial charge is 0.239 e. The second kappa shape index (κ2) is 6.40. The number of hydrogen-bond donors (Lipinski definition) is 1. The van der Waals surface area contributed by atoms with Gasteiger partial charge in [0.25, 0.3) is 0 Å². The molecule has 3 nitrogen and oxygen atoms in total. The highest BCUT2D eigenvalue weighted by molar-refractivity contribution is 5.81. The molecule has 94 valence electrons. The topological polar surface area (TPSA) is 46.3 Å². The van der Waals surface area contributed by atoms with Crippen molar-refractivity contribution >= 4 is 5.91 Å². The van der Waals surface area contributed by atoms with Crippen LogP contribution in [0.15, 0.2) is 24.3 Å². The summed E-state index contributed by atoms with van der Waals surface area (Å²) in [4.78, 5) is 13.8. The van der Waals surface area contributed by atoms with Gasteiger partial charge in [-0.25, -0.2) is 0 Å². The molecule has 1 atom stereocenters. The third-order valence-corrected chi connectivity index (χ3v) is 3.18. The van der Waals surface area contributed by atoms with Crippen molar-refractivity contribution in [2.75, 3.05) is 13.1 Å². The normalized spacial score (nSPS) is 12.7. The Morgan fingerprint density at radius 3 is 2.29 bits per heavy atom. The summed E-state index contributed by atoms with van der Waals surface area (Å²) in [5.74, 6) is -0.269. The summed E-state index contributed by atoms with van der Waals surface area (Å²) >= 11 is 0. The van der Waals surface area contributed by atoms with E-state index in [1.54, 1.807) is 0 Å². The number of carbonyl (C=O) groups excluding carboxylic acids is 1. The van der Waals surface area contributed by atoms with Crippen LogP contribution in [-0.4, -0.2) is 23.9 Å². The van der Waals surface area contributed by atoms with Crippen LogP contribution in [0.25, 0.3) is 0 Å². The lowest BCUT2D eigenvalue weighted by molar-refractivity contribution is -0.123. The molecular weight excluding hydrogens is 212 g/mol. The maximum Gasteiger partial charge on any atom is 0.239 e. The Kier molecular flexibility index (Phi) is 5.16. The lowest BCUT2D eigenvalue weighted by Crippen LogP contribution is -2.38. The molecule has 0 aliphatic carbocycles. The third-order valence-electron chi connectivity index (χ3n) is 3.18. The van der Waals surface area contributed by atoms with E-state index in [1.807, 2.05) is 32.0 Å². The fourth-order valence-corrected chi connectivity index (χ4v) is 2.24. The fourth-order valence-electron chi connectivity index (χ4n) is 2.24. The van der Waals surface area contributed by atoms with Gasteiger partial charge in [0.15, 0.2) is 0 Å². The molecular formula is C14H22N2O. The molecule has 0 saturated carbocycles. The van der Waals surface area contributed by atoms with E-state index in [0.717, 1.165) is 25.1 Å². The van der Waals surface area contributed by atoms with Crippen molar-refractivity contribution in [2.45, 2.75) is 33.2 Å². The molecule has 0 radical (unpaired) electrons. The highest BCUT2D eigenvalue weighted by atomic mass is 16.1. The maximum atomic E-state index is 11.7. The molecule has 0 aliphatic heterocycles. The van der Waals surface area contributed by atoms with Crippen molar-refractivity contribution in [3.63, 3.8) is 0 Å². The van der Waals surface area contributed by atoms with E-state index in [4.69, 9.17) is 5.73 Å². The highest BCUT2D eigenvalue weighted by Crippen LogP contribution is 2.24. The Labute approximate surface area is 104 Å². The van der Waals surface area contributed by atoms with E-state index < -0.39 is 0 Å². The minimum Gasteiger partial charge on any atom is -0.368 e. The zero-order chi connectivity index (χ0) is 12.8. The predicted octanol–water partition coefficient (Wildman–Crippen LogP) is 2.12. The molecule has 0 fully saturated rings. The van der Waals surface area contributed by atoms with E-state index in [2.05, 4.69) is 17.9 Å². The monoisotopic (exact) mass is 234 g/mol. The Hall–Kier alpha value is -1.35. The Morgan fingerprint density at radius 2 is 1.82 bits per heavy atom.